The van der Waals surface area contributed by atoms with Crippen molar-refractivity contribution in [3.05, 3.63) is 58.9 Å². The number of aryl methyl sites for hydroxylation is 1. The third-order valence-electron chi connectivity index (χ3n) is 3.51. The van der Waals surface area contributed by atoms with Gasteiger partial charge in [0.05, 0.1) is 11.0 Å². The third-order valence-corrected chi connectivity index (χ3v) is 3.74. The Hall–Kier alpha value is -2.00. The number of hydrogen-bond acceptors (Lipinski definition) is 2. The number of para-hydroxylation sites is 1. The summed E-state index contributed by atoms with van der Waals surface area (Å²) >= 11 is 6.04. The van der Waals surface area contributed by atoms with Gasteiger partial charge in [0.15, 0.2) is 0 Å². The second kappa shape index (κ2) is 5.17. The lowest BCUT2D eigenvalue weighted by Crippen LogP contribution is -2.04. The molecule has 3 rings (SSSR count). The standard InChI is InChI=1S/C16H16ClN3/c1-2-20-15-8-7-12(17)10-14(15)19-16(20)9-11-5-3-4-6-13(11)18/h3-8,10H,2,9,18H2,1H3. The smallest absolute Gasteiger partial charge is 0.114 e. The van der Waals surface area contributed by atoms with Crippen molar-refractivity contribution in [3.8, 4) is 0 Å². The fraction of sp³-hybridized carbons (Fsp3) is 0.188. The number of rotatable bonds is 3. The molecule has 0 bridgehead atoms. The normalized spacial score (nSPS) is 11.1. The number of imidazole rings is 1. The van der Waals surface area contributed by atoms with Gasteiger partial charge in [0.1, 0.15) is 5.82 Å². The molecule has 4 heteroatoms. The Labute approximate surface area is 123 Å². The van der Waals surface area contributed by atoms with Crippen molar-refractivity contribution in [2.45, 2.75) is 19.9 Å². The van der Waals surface area contributed by atoms with Gasteiger partial charge in [0.25, 0.3) is 0 Å². The topological polar surface area (TPSA) is 43.8 Å². The summed E-state index contributed by atoms with van der Waals surface area (Å²) in [6.07, 6.45) is 0.729. The SMILES string of the molecule is CCn1c(Cc2ccccc2N)nc2cc(Cl)ccc21. The number of fused-ring (bicyclic) bond motifs is 1. The molecule has 1 aromatic heterocycles. The van der Waals surface area contributed by atoms with Gasteiger partial charge < -0.3 is 10.3 Å². The average molecular weight is 286 g/mol. The van der Waals surface area contributed by atoms with E-state index in [1.54, 1.807) is 0 Å². The van der Waals surface area contributed by atoms with Crippen LogP contribution in [-0.2, 0) is 13.0 Å². The molecule has 0 saturated carbocycles. The number of nitrogens with two attached hydrogens (primary N) is 1. The van der Waals surface area contributed by atoms with E-state index in [4.69, 9.17) is 22.3 Å². The Bertz CT molecular complexity index is 762. The highest BCUT2D eigenvalue weighted by Gasteiger charge is 2.11. The van der Waals surface area contributed by atoms with Crippen molar-refractivity contribution < 1.29 is 0 Å². The summed E-state index contributed by atoms with van der Waals surface area (Å²) in [5.41, 5.74) is 9.97. The molecule has 0 unspecified atom stereocenters. The van der Waals surface area contributed by atoms with E-state index in [0.717, 1.165) is 41.1 Å². The molecule has 0 saturated heterocycles. The molecular weight excluding hydrogens is 270 g/mol. The molecule has 3 nitrogen and oxygen atoms in total. The van der Waals surface area contributed by atoms with E-state index in [0.29, 0.717) is 5.02 Å². The fourth-order valence-electron chi connectivity index (χ4n) is 2.51. The minimum absolute atomic E-state index is 0.712. The van der Waals surface area contributed by atoms with Crippen LogP contribution in [-0.4, -0.2) is 9.55 Å². The predicted octanol–water partition coefficient (Wildman–Crippen LogP) is 3.88. The van der Waals surface area contributed by atoms with Crippen LogP contribution in [0.25, 0.3) is 11.0 Å². The summed E-state index contributed by atoms with van der Waals surface area (Å²) < 4.78 is 2.21. The molecule has 2 N–H and O–H groups in total. The highest BCUT2D eigenvalue weighted by molar-refractivity contribution is 6.31. The number of aromatic nitrogens is 2. The molecule has 0 aliphatic carbocycles. The average Bonchev–Trinajstić information content (AvgIpc) is 2.77. The summed E-state index contributed by atoms with van der Waals surface area (Å²) in [5, 5.41) is 0.712. The molecule has 0 radical (unpaired) electrons. The quantitative estimate of drug-likeness (QED) is 0.742. The van der Waals surface area contributed by atoms with Crippen molar-refractivity contribution in [2.24, 2.45) is 0 Å². The number of halogens is 1. The predicted molar refractivity (Wildman–Crippen MR) is 84.1 cm³/mol. The van der Waals surface area contributed by atoms with E-state index in [1.807, 2.05) is 42.5 Å². The van der Waals surface area contributed by atoms with Gasteiger partial charge in [-0.1, -0.05) is 29.8 Å². The van der Waals surface area contributed by atoms with Gasteiger partial charge >= 0.3 is 0 Å². The highest BCUT2D eigenvalue weighted by atomic mass is 35.5. The Kier molecular flexibility index (Phi) is 3.36. The largest absolute Gasteiger partial charge is 0.398 e. The van der Waals surface area contributed by atoms with Crippen LogP contribution in [0, 0.1) is 0 Å². The summed E-state index contributed by atoms with van der Waals surface area (Å²) in [4.78, 5) is 4.70. The van der Waals surface area contributed by atoms with Crippen molar-refractivity contribution in [1.82, 2.24) is 9.55 Å². The summed E-state index contributed by atoms with van der Waals surface area (Å²) in [6, 6.07) is 13.7. The van der Waals surface area contributed by atoms with Gasteiger partial charge in [-0.2, -0.15) is 0 Å². The maximum absolute atomic E-state index is 6.04. The summed E-state index contributed by atoms with van der Waals surface area (Å²) in [5.74, 6) is 1.02. The zero-order chi connectivity index (χ0) is 14.1. The van der Waals surface area contributed by atoms with Gasteiger partial charge in [-0.25, -0.2) is 4.98 Å². The van der Waals surface area contributed by atoms with Crippen LogP contribution in [0.5, 0.6) is 0 Å². The molecule has 0 amide bonds. The van der Waals surface area contributed by atoms with E-state index in [-0.39, 0.29) is 0 Å². The maximum atomic E-state index is 6.04. The molecule has 1 heterocycles. The first-order valence-corrected chi connectivity index (χ1v) is 7.05. The van der Waals surface area contributed by atoms with Gasteiger partial charge in [-0.3, -0.25) is 0 Å². The van der Waals surface area contributed by atoms with Gasteiger partial charge in [0.2, 0.25) is 0 Å². The van der Waals surface area contributed by atoms with Crippen molar-refractivity contribution in [3.63, 3.8) is 0 Å². The number of benzene rings is 2. The second-order valence-electron chi connectivity index (χ2n) is 4.78. The van der Waals surface area contributed by atoms with Crippen molar-refractivity contribution >= 4 is 28.3 Å². The van der Waals surface area contributed by atoms with Crippen LogP contribution >= 0.6 is 11.6 Å². The van der Waals surface area contributed by atoms with Crippen LogP contribution in [0.2, 0.25) is 5.02 Å². The van der Waals surface area contributed by atoms with Crippen LogP contribution in [0.3, 0.4) is 0 Å². The number of nitrogen functional groups attached to an aromatic ring is 1. The van der Waals surface area contributed by atoms with Crippen LogP contribution in [0.15, 0.2) is 42.5 Å². The van der Waals surface area contributed by atoms with Gasteiger partial charge in [-0.05, 0) is 36.8 Å². The lowest BCUT2D eigenvalue weighted by Gasteiger charge is -2.08. The molecule has 0 fully saturated rings. The number of nitrogens with zero attached hydrogens (tertiary/aromatic N) is 2. The molecule has 2 aromatic carbocycles. The highest BCUT2D eigenvalue weighted by Crippen LogP contribution is 2.23. The van der Waals surface area contributed by atoms with Crippen molar-refractivity contribution in [2.75, 3.05) is 5.73 Å². The Morgan fingerprint density at radius 2 is 2.00 bits per heavy atom. The lowest BCUT2D eigenvalue weighted by molar-refractivity contribution is 0.734. The molecule has 0 aliphatic rings. The van der Waals surface area contributed by atoms with E-state index < -0.39 is 0 Å². The Balaban J connectivity index is 2.09. The maximum Gasteiger partial charge on any atom is 0.114 e. The van der Waals surface area contributed by atoms with E-state index in [9.17, 15) is 0 Å². The summed E-state index contributed by atoms with van der Waals surface area (Å²) in [7, 11) is 0. The first-order valence-electron chi connectivity index (χ1n) is 6.67. The van der Waals surface area contributed by atoms with E-state index in [2.05, 4.69) is 11.5 Å². The molecule has 3 aromatic rings. The zero-order valence-corrected chi connectivity index (χ0v) is 12.1. The van der Waals surface area contributed by atoms with Gasteiger partial charge in [0, 0.05) is 23.7 Å². The molecule has 0 spiro atoms. The minimum atomic E-state index is 0.712. The fourth-order valence-corrected chi connectivity index (χ4v) is 2.67. The third kappa shape index (κ3) is 2.25. The monoisotopic (exact) mass is 285 g/mol. The Morgan fingerprint density at radius 3 is 2.75 bits per heavy atom. The molecule has 20 heavy (non-hydrogen) atoms. The first-order chi connectivity index (χ1) is 9.69. The molecule has 0 aliphatic heterocycles. The van der Waals surface area contributed by atoms with Crippen LogP contribution in [0.1, 0.15) is 18.3 Å². The van der Waals surface area contributed by atoms with Crippen LogP contribution < -0.4 is 5.73 Å². The molecular formula is C16H16ClN3. The number of hydrogen-bond donors (Lipinski definition) is 1. The Morgan fingerprint density at radius 1 is 1.20 bits per heavy atom. The second-order valence-corrected chi connectivity index (χ2v) is 5.22. The van der Waals surface area contributed by atoms with Crippen molar-refractivity contribution in [1.29, 1.82) is 0 Å². The molecule has 0 atom stereocenters. The molecule has 102 valence electrons. The van der Waals surface area contributed by atoms with E-state index in [1.165, 1.54) is 0 Å². The van der Waals surface area contributed by atoms with E-state index >= 15 is 0 Å². The van der Waals surface area contributed by atoms with Crippen LogP contribution in [0.4, 0.5) is 5.69 Å². The minimum Gasteiger partial charge on any atom is -0.398 e. The zero-order valence-electron chi connectivity index (χ0n) is 11.3. The summed E-state index contributed by atoms with van der Waals surface area (Å²) in [6.45, 7) is 2.99. The number of anilines is 1. The van der Waals surface area contributed by atoms with Gasteiger partial charge in [-0.15, -0.1) is 0 Å². The lowest BCUT2D eigenvalue weighted by atomic mass is 10.1. The first kappa shape index (κ1) is 13.0.